The van der Waals surface area contributed by atoms with Gasteiger partial charge in [0.05, 0.1) is 0 Å². The lowest BCUT2D eigenvalue weighted by Crippen LogP contribution is -2.30. The fourth-order valence-electron chi connectivity index (χ4n) is 8.04. The molecule has 0 aliphatic carbocycles. The Morgan fingerprint density at radius 3 is 0.831 bits per heavy atom. The second-order valence-corrected chi connectivity index (χ2v) is 18.6. The predicted molar refractivity (Wildman–Crippen MR) is 252 cm³/mol. The maximum atomic E-state index is 12.7. The minimum atomic E-state index is -0.761. The van der Waals surface area contributed by atoms with E-state index in [1.807, 2.05) is 0 Å². The zero-order valence-electron chi connectivity index (χ0n) is 40.2. The zero-order chi connectivity index (χ0) is 43.1. The summed E-state index contributed by atoms with van der Waals surface area (Å²) in [6, 6.07) is 0. The highest BCUT2D eigenvalue weighted by Gasteiger charge is 2.19. The van der Waals surface area contributed by atoms with Crippen LogP contribution in [0.1, 0.15) is 297 Å². The van der Waals surface area contributed by atoms with Crippen molar-refractivity contribution in [3.63, 3.8) is 0 Å². The molecule has 6 nitrogen and oxygen atoms in total. The number of esters is 3. The van der Waals surface area contributed by atoms with E-state index in [1.165, 1.54) is 193 Å². The van der Waals surface area contributed by atoms with E-state index >= 15 is 0 Å². The van der Waals surface area contributed by atoms with Crippen LogP contribution in [0.15, 0.2) is 0 Å². The Morgan fingerprint density at radius 2 is 0.559 bits per heavy atom. The number of hydrogen-bond donors (Lipinski definition) is 0. The van der Waals surface area contributed by atoms with Gasteiger partial charge in [-0.25, -0.2) is 0 Å². The van der Waals surface area contributed by atoms with Crippen molar-refractivity contribution in [1.29, 1.82) is 0 Å². The first-order chi connectivity index (χ1) is 28.9. The van der Waals surface area contributed by atoms with Crippen molar-refractivity contribution < 1.29 is 28.6 Å². The van der Waals surface area contributed by atoms with Crippen molar-refractivity contribution in [1.82, 2.24) is 0 Å². The molecule has 350 valence electrons. The van der Waals surface area contributed by atoms with Gasteiger partial charge in [-0.05, 0) is 25.2 Å². The highest BCUT2D eigenvalue weighted by molar-refractivity contribution is 5.71. The number of carbonyl (C=O) groups is 3. The Bertz CT molecular complexity index is 887. The fourth-order valence-corrected chi connectivity index (χ4v) is 8.04. The van der Waals surface area contributed by atoms with Gasteiger partial charge in [0.15, 0.2) is 6.10 Å². The number of unbranched alkanes of at least 4 members (excludes halogenated alkanes) is 35. The fraction of sp³-hybridized carbons (Fsp3) is 0.943. The van der Waals surface area contributed by atoms with Crippen molar-refractivity contribution in [3.8, 4) is 0 Å². The van der Waals surface area contributed by atoms with Gasteiger partial charge in [-0.2, -0.15) is 0 Å². The summed E-state index contributed by atoms with van der Waals surface area (Å²) in [6.07, 6.45) is 49.6. The molecule has 0 aliphatic heterocycles. The lowest BCUT2D eigenvalue weighted by molar-refractivity contribution is -0.167. The van der Waals surface area contributed by atoms with Crippen molar-refractivity contribution >= 4 is 17.9 Å². The molecule has 0 amide bonds. The molecule has 0 radical (unpaired) electrons. The molecular weight excluding hydrogens is 733 g/mol. The van der Waals surface area contributed by atoms with E-state index in [-0.39, 0.29) is 31.1 Å². The molecule has 0 aromatic heterocycles. The SMILES string of the molecule is CCCCCCCCCCCCCCCCCCCCCC(=O)OC[C@@H](COC(=O)CCCCCCCCCCCCCC)OC(=O)CCCCCCCCCC(C)C. The lowest BCUT2D eigenvalue weighted by Gasteiger charge is -2.18. The third-order valence-corrected chi connectivity index (χ3v) is 12.0. The maximum Gasteiger partial charge on any atom is 0.306 e. The summed E-state index contributed by atoms with van der Waals surface area (Å²) >= 11 is 0. The Balaban J connectivity index is 4.21. The molecule has 0 aromatic rings. The van der Waals surface area contributed by atoms with Gasteiger partial charge in [-0.1, -0.05) is 259 Å². The third kappa shape index (κ3) is 47.3. The van der Waals surface area contributed by atoms with Crippen molar-refractivity contribution in [2.45, 2.75) is 303 Å². The third-order valence-electron chi connectivity index (χ3n) is 12.0. The quantitative estimate of drug-likeness (QED) is 0.0345. The Labute approximate surface area is 368 Å². The maximum absolute atomic E-state index is 12.7. The van der Waals surface area contributed by atoms with Crippen molar-refractivity contribution in [2.75, 3.05) is 13.2 Å². The average Bonchev–Trinajstić information content (AvgIpc) is 3.22. The molecule has 1 atom stereocenters. The first kappa shape index (κ1) is 57.4. The second kappa shape index (κ2) is 47.5. The van der Waals surface area contributed by atoms with E-state index in [2.05, 4.69) is 27.7 Å². The first-order valence-electron chi connectivity index (χ1n) is 26.4. The normalized spacial score (nSPS) is 11.9. The van der Waals surface area contributed by atoms with E-state index in [0.717, 1.165) is 63.7 Å². The molecule has 0 unspecified atom stereocenters. The Morgan fingerprint density at radius 1 is 0.322 bits per heavy atom. The summed E-state index contributed by atoms with van der Waals surface area (Å²) in [6.45, 7) is 8.98. The van der Waals surface area contributed by atoms with Crippen LogP contribution in [0.4, 0.5) is 0 Å². The van der Waals surface area contributed by atoms with Gasteiger partial charge in [0.25, 0.3) is 0 Å². The summed E-state index contributed by atoms with van der Waals surface area (Å²) in [4.78, 5) is 37.9. The number of ether oxygens (including phenoxy) is 3. The van der Waals surface area contributed by atoms with E-state index in [1.54, 1.807) is 0 Å². The van der Waals surface area contributed by atoms with Gasteiger partial charge < -0.3 is 14.2 Å². The molecule has 0 heterocycles. The van der Waals surface area contributed by atoms with Gasteiger partial charge in [-0.15, -0.1) is 0 Å². The monoisotopic (exact) mass is 835 g/mol. The number of carbonyl (C=O) groups excluding carboxylic acids is 3. The molecule has 59 heavy (non-hydrogen) atoms. The average molecular weight is 835 g/mol. The molecule has 0 saturated heterocycles. The van der Waals surface area contributed by atoms with Crippen molar-refractivity contribution in [2.24, 2.45) is 5.92 Å². The van der Waals surface area contributed by atoms with Crippen molar-refractivity contribution in [3.05, 3.63) is 0 Å². The molecule has 0 bridgehead atoms. The molecule has 0 aromatic carbocycles. The van der Waals surface area contributed by atoms with Crippen LogP contribution < -0.4 is 0 Å². The Kier molecular flexibility index (Phi) is 46.2. The van der Waals surface area contributed by atoms with Crippen LogP contribution in [0.2, 0.25) is 0 Å². The van der Waals surface area contributed by atoms with E-state index in [9.17, 15) is 14.4 Å². The first-order valence-corrected chi connectivity index (χ1v) is 26.4. The van der Waals surface area contributed by atoms with Gasteiger partial charge in [0.1, 0.15) is 13.2 Å². The molecule has 0 N–H and O–H groups in total. The molecule has 0 aliphatic rings. The molecule has 0 fully saturated rings. The van der Waals surface area contributed by atoms with Crippen LogP contribution in [-0.4, -0.2) is 37.2 Å². The molecule has 0 rings (SSSR count). The summed E-state index contributed by atoms with van der Waals surface area (Å²) in [5, 5.41) is 0. The minimum Gasteiger partial charge on any atom is -0.462 e. The lowest BCUT2D eigenvalue weighted by atomic mass is 10.0. The topological polar surface area (TPSA) is 78.9 Å². The van der Waals surface area contributed by atoms with Crippen LogP contribution in [-0.2, 0) is 28.6 Å². The summed E-state index contributed by atoms with van der Waals surface area (Å²) in [5.74, 6) is -0.0700. The number of rotatable bonds is 48. The largest absolute Gasteiger partial charge is 0.462 e. The summed E-state index contributed by atoms with van der Waals surface area (Å²) < 4.78 is 16.8. The van der Waals surface area contributed by atoms with Crippen LogP contribution in [0.3, 0.4) is 0 Å². The molecule has 0 saturated carbocycles. The zero-order valence-corrected chi connectivity index (χ0v) is 40.2. The summed E-state index contributed by atoms with van der Waals surface area (Å²) in [7, 11) is 0. The summed E-state index contributed by atoms with van der Waals surface area (Å²) in [5.41, 5.74) is 0. The van der Waals surface area contributed by atoms with Gasteiger partial charge in [0.2, 0.25) is 0 Å². The molecule has 6 heteroatoms. The number of hydrogen-bond acceptors (Lipinski definition) is 6. The van der Waals surface area contributed by atoms with Gasteiger partial charge in [-0.3, -0.25) is 14.4 Å². The van der Waals surface area contributed by atoms with Crippen LogP contribution in [0.25, 0.3) is 0 Å². The standard InChI is InChI=1S/C53H102O6/c1-5-7-9-11-13-15-17-19-20-21-22-23-24-25-27-29-33-37-41-45-52(55)58-48-50(59-53(56)46-42-38-34-30-31-35-39-43-49(3)4)47-57-51(54)44-40-36-32-28-26-18-16-14-12-10-8-6-2/h49-50H,5-48H2,1-4H3/t50-/m1/s1. The molecule has 0 spiro atoms. The van der Waals surface area contributed by atoms with Gasteiger partial charge in [0, 0.05) is 19.3 Å². The van der Waals surface area contributed by atoms with Crippen LogP contribution >= 0.6 is 0 Å². The highest BCUT2D eigenvalue weighted by atomic mass is 16.6. The Hall–Kier alpha value is -1.59. The van der Waals surface area contributed by atoms with Crippen LogP contribution in [0, 0.1) is 5.92 Å². The van der Waals surface area contributed by atoms with Gasteiger partial charge >= 0.3 is 17.9 Å². The highest BCUT2D eigenvalue weighted by Crippen LogP contribution is 2.17. The van der Waals surface area contributed by atoms with E-state index in [4.69, 9.17) is 14.2 Å². The molecular formula is C53H102O6. The van der Waals surface area contributed by atoms with Crippen LogP contribution in [0.5, 0.6) is 0 Å². The minimum absolute atomic E-state index is 0.0635. The second-order valence-electron chi connectivity index (χ2n) is 18.6. The smallest absolute Gasteiger partial charge is 0.306 e. The van der Waals surface area contributed by atoms with E-state index < -0.39 is 6.10 Å². The van der Waals surface area contributed by atoms with E-state index in [0.29, 0.717) is 19.3 Å². The predicted octanol–water partition coefficient (Wildman–Crippen LogP) is 17.1.